The molecule has 0 amide bonds. The van der Waals surface area contributed by atoms with E-state index in [1.54, 1.807) is 6.21 Å². The molecule has 1 heterocycles. The Morgan fingerprint density at radius 1 is 1.39 bits per heavy atom. The molecule has 4 nitrogen and oxygen atoms in total. The number of methoxy groups -OCH3 is 1. The minimum absolute atomic E-state index is 0.177. The molecule has 1 atom stereocenters. The number of rotatable bonds is 4. The second-order valence-electron chi connectivity index (χ2n) is 3.98. The van der Waals surface area contributed by atoms with Gasteiger partial charge in [-0.2, -0.15) is 0 Å². The molecule has 0 bridgehead atoms. The number of esters is 1. The van der Waals surface area contributed by atoms with Gasteiger partial charge in [0.25, 0.3) is 0 Å². The maximum Gasteiger partial charge on any atom is 0.335 e. The van der Waals surface area contributed by atoms with E-state index in [1.807, 2.05) is 30.3 Å². The number of aliphatic imine (C=N–C) groups is 1. The first-order valence-electron chi connectivity index (χ1n) is 5.76. The minimum Gasteiger partial charge on any atom is -0.466 e. The third-order valence-corrected chi connectivity index (χ3v) is 2.66. The van der Waals surface area contributed by atoms with Crippen LogP contribution in [0.2, 0.25) is 0 Å². The monoisotopic (exact) mass is 245 g/mol. The molecule has 0 fully saturated rings. The highest BCUT2D eigenvalue weighted by atomic mass is 16.5. The van der Waals surface area contributed by atoms with Crippen LogP contribution in [0.15, 0.2) is 47.1 Å². The van der Waals surface area contributed by atoms with E-state index in [4.69, 9.17) is 4.74 Å². The largest absolute Gasteiger partial charge is 0.466 e. The van der Waals surface area contributed by atoms with Gasteiger partial charge < -0.3 is 9.47 Å². The standard InChI is InChI=1S/C14H15NO3/c1-17-14(16)12-7-13(9-15-8-12)18-10-11-5-3-2-4-6-11/h2-6,8-9,13H,7,10H2,1H3. The Bertz CT molecular complexity index is 465. The summed E-state index contributed by atoms with van der Waals surface area (Å²) in [5.74, 6) is -0.347. The number of benzene rings is 1. The van der Waals surface area contributed by atoms with Crippen LogP contribution in [0.1, 0.15) is 12.0 Å². The van der Waals surface area contributed by atoms with Gasteiger partial charge in [0.2, 0.25) is 0 Å². The summed E-state index contributed by atoms with van der Waals surface area (Å²) in [6.07, 6.45) is 3.55. The van der Waals surface area contributed by atoms with Crippen molar-refractivity contribution in [3.63, 3.8) is 0 Å². The Morgan fingerprint density at radius 3 is 2.89 bits per heavy atom. The summed E-state index contributed by atoms with van der Waals surface area (Å²) in [6, 6.07) is 9.89. The number of ether oxygens (including phenoxy) is 2. The van der Waals surface area contributed by atoms with Crippen molar-refractivity contribution in [3.8, 4) is 0 Å². The van der Waals surface area contributed by atoms with Crippen LogP contribution in [-0.2, 0) is 20.9 Å². The van der Waals surface area contributed by atoms with E-state index in [0.29, 0.717) is 18.6 Å². The first kappa shape index (κ1) is 12.5. The highest BCUT2D eigenvalue weighted by Crippen LogP contribution is 2.15. The molecule has 0 N–H and O–H groups in total. The van der Waals surface area contributed by atoms with Gasteiger partial charge in [0.05, 0.1) is 25.4 Å². The zero-order valence-corrected chi connectivity index (χ0v) is 10.2. The van der Waals surface area contributed by atoms with Gasteiger partial charge in [-0.05, 0) is 5.56 Å². The number of carbonyl (C=O) groups excluding carboxylic acids is 1. The Labute approximate surface area is 106 Å². The fraction of sp³-hybridized carbons (Fsp3) is 0.286. The van der Waals surface area contributed by atoms with Crippen LogP contribution in [0.25, 0.3) is 0 Å². The maximum atomic E-state index is 11.4. The van der Waals surface area contributed by atoms with Gasteiger partial charge in [-0.25, -0.2) is 4.79 Å². The first-order valence-corrected chi connectivity index (χ1v) is 5.76. The fourth-order valence-electron chi connectivity index (χ4n) is 1.70. The lowest BCUT2D eigenvalue weighted by Crippen LogP contribution is -2.21. The molecule has 0 saturated carbocycles. The molecular formula is C14H15NO3. The number of carbonyl (C=O) groups is 1. The summed E-state index contributed by atoms with van der Waals surface area (Å²) >= 11 is 0. The van der Waals surface area contributed by atoms with Crippen molar-refractivity contribution < 1.29 is 14.3 Å². The summed E-state index contributed by atoms with van der Waals surface area (Å²) in [7, 11) is 1.36. The second kappa shape index (κ2) is 6.12. The Kier molecular flexibility index (Phi) is 4.25. The number of hydrogen-bond donors (Lipinski definition) is 0. The summed E-state index contributed by atoms with van der Waals surface area (Å²) in [5, 5.41) is 0. The van der Waals surface area contributed by atoms with E-state index in [2.05, 4.69) is 9.73 Å². The van der Waals surface area contributed by atoms with Gasteiger partial charge in [0.15, 0.2) is 0 Å². The van der Waals surface area contributed by atoms with E-state index in [9.17, 15) is 4.79 Å². The molecule has 1 aliphatic rings. The van der Waals surface area contributed by atoms with Crippen LogP contribution < -0.4 is 0 Å². The molecule has 4 heteroatoms. The summed E-state index contributed by atoms with van der Waals surface area (Å²) in [6.45, 7) is 0.506. The van der Waals surface area contributed by atoms with Gasteiger partial charge in [-0.15, -0.1) is 0 Å². The zero-order valence-electron chi connectivity index (χ0n) is 10.2. The molecule has 94 valence electrons. The molecule has 0 aromatic heterocycles. The second-order valence-corrected chi connectivity index (χ2v) is 3.98. The quantitative estimate of drug-likeness (QED) is 0.763. The van der Waals surface area contributed by atoms with Crippen molar-refractivity contribution in [1.29, 1.82) is 0 Å². The van der Waals surface area contributed by atoms with Crippen molar-refractivity contribution in [1.82, 2.24) is 0 Å². The summed E-state index contributed by atoms with van der Waals surface area (Å²) in [5.41, 5.74) is 1.64. The van der Waals surface area contributed by atoms with E-state index in [1.165, 1.54) is 13.3 Å². The van der Waals surface area contributed by atoms with Crippen molar-refractivity contribution in [2.45, 2.75) is 19.1 Å². The molecule has 1 aromatic carbocycles. The molecule has 2 rings (SSSR count). The maximum absolute atomic E-state index is 11.4. The lowest BCUT2D eigenvalue weighted by Gasteiger charge is -2.17. The average molecular weight is 245 g/mol. The molecule has 0 radical (unpaired) electrons. The predicted molar refractivity (Wildman–Crippen MR) is 68.2 cm³/mol. The van der Waals surface area contributed by atoms with E-state index >= 15 is 0 Å². The lowest BCUT2D eigenvalue weighted by atomic mass is 10.1. The van der Waals surface area contributed by atoms with E-state index in [0.717, 1.165) is 5.56 Å². The molecular weight excluding hydrogens is 230 g/mol. The predicted octanol–water partition coefficient (Wildman–Crippen LogP) is 2.10. The SMILES string of the molecule is COC(=O)C1=CN=CC(OCc2ccccc2)C1. The average Bonchev–Trinajstić information content (AvgIpc) is 2.45. The van der Waals surface area contributed by atoms with Crippen LogP contribution in [0.3, 0.4) is 0 Å². The molecule has 0 aliphatic carbocycles. The normalized spacial score (nSPS) is 18.3. The molecule has 1 aromatic rings. The van der Waals surface area contributed by atoms with Crippen LogP contribution in [0, 0.1) is 0 Å². The van der Waals surface area contributed by atoms with E-state index < -0.39 is 0 Å². The highest BCUT2D eigenvalue weighted by molar-refractivity contribution is 5.90. The van der Waals surface area contributed by atoms with Crippen LogP contribution in [0.5, 0.6) is 0 Å². The Morgan fingerprint density at radius 2 is 2.17 bits per heavy atom. The minimum atomic E-state index is -0.347. The van der Waals surface area contributed by atoms with Crippen LogP contribution in [0.4, 0.5) is 0 Å². The zero-order chi connectivity index (χ0) is 12.8. The molecule has 18 heavy (non-hydrogen) atoms. The van der Waals surface area contributed by atoms with Crippen molar-refractivity contribution in [3.05, 3.63) is 47.7 Å². The van der Waals surface area contributed by atoms with Crippen LogP contribution >= 0.6 is 0 Å². The van der Waals surface area contributed by atoms with Crippen molar-refractivity contribution >= 4 is 12.2 Å². The van der Waals surface area contributed by atoms with Gasteiger partial charge in [-0.3, -0.25) is 4.99 Å². The smallest absolute Gasteiger partial charge is 0.335 e. The highest BCUT2D eigenvalue weighted by Gasteiger charge is 2.18. The Balaban J connectivity index is 1.87. The molecule has 0 spiro atoms. The van der Waals surface area contributed by atoms with Gasteiger partial charge >= 0.3 is 5.97 Å². The molecule has 1 unspecified atom stereocenters. The Hall–Kier alpha value is -1.94. The van der Waals surface area contributed by atoms with Gasteiger partial charge in [0.1, 0.15) is 0 Å². The third-order valence-electron chi connectivity index (χ3n) is 2.66. The van der Waals surface area contributed by atoms with Crippen molar-refractivity contribution in [2.75, 3.05) is 7.11 Å². The van der Waals surface area contributed by atoms with Crippen molar-refractivity contribution in [2.24, 2.45) is 4.99 Å². The third kappa shape index (κ3) is 3.28. The number of nitrogens with zero attached hydrogens (tertiary/aromatic N) is 1. The van der Waals surface area contributed by atoms with Crippen LogP contribution in [-0.4, -0.2) is 25.4 Å². The summed E-state index contributed by atoms with van der Waals surface area (Å²) < 4.78 is 10.4. The van der Waals surface area contributed by atoms with Gasteiger partial charge in [0, 0.05) is 18.8 Å². The lowest BCUT2D eigenvalue weighted by molar-refractivity contribution is -0.136. The fourth-order valence-corrected chi connectivity index (χ4v) is 1.70. The summed E-state index contributed by atoms with van der Waals surface area (Å²) in [4.78, 5) is 15.4. The van der Waals surface area contributed by atoms with E-state index in [-0.39, 0.29) is 12.1 Å². The topological polar surface area (TPSA) is 47.9 Å². The number of hydrogen-bond acceptors (Lipinski definition) is 4. The van der Waals surface area contributed by atoms with Gasteiger partial charge in [-0.1, -0.05) is 30.3 Å². The molecule has 0 saturated heterocycles. The first-order chi connectivity index (χ1) is 8.79. The molecule has 1 aliphatic heterocycles.